The van der Waals surface area contributed by atoms with E-state index in [0.29, 0.717) is 6.54 Å². The lowest BCUT2D eigenvalue weighted by atomic mass is 10.2. The Morgan fingerprint density at radius 1 is 1.12 bits per heavy atom. The zero-order valence-electron chi connectivity index (χ0n) is 13.8. The first-order chi connectivity index (χ1) is 11.6. The van der Waals surface area contributed by atoms with Gasteiger partial charge in [-0.2, -0.15) is 26.3 Å². The van der Waals surface area contributed by atoms with Gasteiger partial charge >= 0.3 is 12.4 Å². The third-order valence-electron chi connectivity index (χ3n) is 2.83. The number of hydrogen-bond acceptors (Lipinski definition) is 3. The van der Waals surface area contributed by atoms with Gasteiger partial charge in [0.1, 0.15) is 5.82 Å². The van der Waals surface area contributed by atoms with Crippen molar-refractivity contribution in [3.8, 4) is 0 Å². The predicted octanol–water partition coefficient (Wildman–Crippen LogP) is 3.64. The fraction of sp³-hybridized carbons (Fsp3) is 0.571. The highest BCUT2D eigenvalue weighted by Gasteiger charge is 2.33. The lowest BCUT2D eigenvalue weighted by molar-refractivity contribution is -0.137. The molecular weight excluding hydrogens is 479 g/mol. The maximum absolute atomic E-state index is 12.8. The summed E-state index contributed by atoms with van der Waals surface area (Å²) in [5.41, 5.74) is -0.888. The molecule has 0 unspecified atom stereocenters. The lowest BCUT2D eigenvalue weighted by Crippen LogP contribution is -2.39. The van der Waals surface area contributed by atoms with Gasteiger partial charge in [0.2, 0.25) is 0 Å². The minimum absolute atomic E-state index is 0. The zero-order valence-corrected chi connectivity index (χ0v) is 16.2. The summed E-state index contributed by atoms with van der Waals surface area (Å²) in [6.07, 6.45) is -8.65. The van der Waals surface area contributed by atoms with E-state index in [1.165, 1.54) is 12.3 Å². The van der Waals surface area contributed by atoms with Gasteiger partial charge in [-0.15, -0.1) is 24.0 Å². The number of guanidine groups is 1. The third-order valence-corrected chi connectivity index (χ3v) is 2.83. The molecule has 0 amide bonds. The Balaban J connectivity index is 0.00000625. The first-order valence-electron chi connectivity index (χ1n) is 7.48. The van der Waals surface area contributed by atoms with Crippen LogP contribution < -0.4 is 16.0 Å². The Hall–Kier alpha value is -1.47. The maximum atomic E-state index is 12.8. The molecule has 0 aliphatic rings. The number of pyridine rings is 1. The molecule has 0 fully saturated rings. The number of alkyl halides is 6. The molecule has 0 aromatic carbocycles. The van der Waals surface area contributed by atoms with E-state index in [0.717, 1.165) is 6.07 Å². The smallest absolute Gasteiger partial charge is 0.368 e. The summed E-state index contributed by atoms with van der Waals surface area (Å²) in [5.74, 6) is -0.151. The van der Waals surface area contributed by atoms with E-state index in [2.05, 4.69) is 25.9 Å². The SMILES string of the molecule is CCNC(=NCCC(F)(F)F)NCCNc1ncccc1C(F)(F)F.I. The van der Waals surface area contributed by atoms with Crippen molar-refractivity contribution in [2.75, 3.05) is 31.5 Å². The fourth-order valence-corrected chi connectivity index (χ4v) is 1.77. The van der Waals surface area contributed by atoms with Crippen LogP contribution in [0.25, 0.3) is 0 Å². The average molecular weight is 499 g/mol. The van der Waals surface area contributed by atoms with Crippen LogP contribution in [-0.2, 0) is 6.18 Å². The zero-order chi connectivity index (χ0) is 18.9. The molecule has 1 heterocycles. The molecule has 0 aliphatic carbocycles. The molecule has 0 aliphatic heterocycles. The van der Waals surface area contributed by atoms with Gasteiger partial charge in [0, 0.05) is 25.8 Å². The van der Waals surface area contributed by atoms with Crippen molar-refractivity contribution in [3.05, 3.63) is 23.9 Å². The van der Waals surface area contributed by atoms with E-state index in [1.54, 1.807) is 6.92 Å². The summed E-state index contributed by atoms with van der Waals surface area (Å²) in [5, 5.41) is 8.03. The second-order valence-electron chi connectivity index (χ2n) is 4.88. The molecule has 1 aromatic rings. The van der Waals surface area contributed by atoms with Gasteiger partial charge in [0.25, 0.3) is 0 Å². The van der Waals surface area contributed by atoms with Crippen molar-refractivity contribution in [2.24, 2.45) is 4.99 Å². The summed E-state index contributed by atoms with van der Waals surface area (Å²) in [4.78, 5) is 7.40. The monoisotopic (exact) mass is 499 g/mol. The Morgan fingerprint density at radius 2 is 1.81 bits per heavy atom. The number of hydrogen-bond donors (Lipinski definition) is 3. The number of nitrogens with zero attached hydrogens (tertiary/aromatic N) is 2. The van der Waals surface area contributed by atoms with Gasteiger partial charge in [-0.1, -0.05) is 0 Å². The summed E-state index contributed by atoms with van der Waals surface area (Å²) >= 11 is 0. The van der Waals surface area contributed by atoms with Crippen LogP contribution in [-0.4, -0.2) is 43.3 Å². The van der Waals surface area contributed by atoms with Crippen LogP contribution in [0.15, 0.2) is 23.3 Å². The minimum atomic E-state index is -4.53. The molecule has 1 aromatic heterocycles. The van der Waals surface area contributed by atoms with Gasteiger partial charge in [-0.25, -0.2) is 4.98 Å². The topological polar surface area (TPSA) is 61.3 Å². The standard InChI is InChI=1S/C14H19F6N5.HI/c1-2-21-12(24-7-5-13(15,16)17)25-9-8-23-11-10(14(18,19)20)4-3-6-22-11;/h3-4,6H,2,5,7-9H2,1H3,(H,22,23)(H2,21,24,25);1H. The Kier molecular flexibility index (Phi) is 10.6. The van der Waals surface area contributed by atoms with E-state index >= 15 is 0 Å². The van der Waals surface area contributed by atoms with E-state index in [1.807, 2.05) is 0 Å². The fourth-order valence-electron chi connectivity index (χ4n) is 1.77. The quantitative estimate of drug-likeness (QED) is 0.176. The average Bonchev–Trinajstić information content (AvgIpc) is 2.49. The normalized spacial score (nSPS) is 12.3. The van der Waals surface area contributed by atoms with Crippen LogP contribution in [0, 0.1) is 0 Å². The van der Waals surface area contributed by atoms with Crippen molar-refractivity contribution in [1.82, 2.24) is 15.6 Å². The molecule has 0 radical (unpaired) electrons. The van der Waals surface area contributed by atoms with Crippen LogP contribution in [0.1, 0.15) is 18.9 Å². The van der Waals surface area contributed by atoms with Crippen LogP contribution >= 0.6 is 24.0 Å². The van der Waals surface area contributed by atoms with E-state index < -0.39 is 30.9 Å². The number of aliphatic imine (C=N–C) groups is 1. The highest BCUT2D eigenvalue weighted by molar-refractivity contribution is 14.0. The van der Waals surface area contributed by atoms with Gasteiger partial charge in [0.15, 0.2) is 5.96 Å². The Morgan fingerprint density at radius 3 is 2.38 bits per heavy atom. The van der Waals surface area contributed by atoms with E-state index in [9.17, 15) is 26.3 Å². The largest absolute Gasteiger partial charge is 0.419 e. The van der Waals surface area contributed by atoms with Crippen LogP contribution in [0.3, 0.4) is 0 Å². The summed E-state index contributed by atoms with van der Waals surface area (Å²) in [7, 11) is 0. The Labute approximate surface area is 164 Å². The first kappa shape index (κ1) is 24.5. The third kappa shape index (κ3) is 9.87. The molecule has 150 valence electrons. The van der Waals surface area contributed by atoms with Crippen molar-refractivity contribution < 1.29 is 26.3 Å². The number of aromatic nitrogens is 1. The number of anilines is 1. The van der Waals surface area contributed by atoms with Crippen molar-refractivity contribution in [3.63, 3.8) is 0 Å². The molecule has 12 heteroatoms. The molecule has 0 spiro atoms. The second kappa shape index (κ2) is 11.3. The molecule has 0 atom stereocenters. The molecule has 0 saturated heterocycles. The summed E-state index contributed by atoms with van der Waals surface area (Å²) < 4.78 is 74.7. The van der Waals surface area contributed by atoms with Gasteiger partial charge in [-0.05, 0) is 19.1 Å². The molecule has 0 bridgehead atoms. The van der Waals surface area contributed by atoms with E-state index in [4.69, 9.17) is 0 Å². The molecule has 5 nitrogen and oxygen atoms in total. The lowest BCUT2D eigenvalue weighted by Gasteiger charge is -2.15. The van der Waals surface area contributed by atoms with Gasteiger partial charge < -0.3 is 16.0 Å². The molecule has 0 saturated carbocycles. The van der Waals surface area contributed by atoms with Gasteiger partial charge in [0.05, 0.1) is 18.5 Å². The number of halogens is 7. The molecular formula is C14H20F6IN5. The highest BCUT2D eigenvalue weighted by atomic mass is 127. The first-order valence-corrected chi connectivity index (χ1v) is 7.48. The van der Waals surface area contributed by atoms with Gasteiger partial charge in [-0.3, -0.25) is 4.99 Å². The minimum Gasteiger partial charge on any atom is -0.368 e. The number of rotatable bonds is 7. The number of nitrogens with one attached hydrogen (secondary N) is 3. The highest BCUT2D eigenvalue weighted by Crippen LogP contribution is 2.33. The molecule has 1 rings (SSSR count). The van der Waals surface area contributed by atoms with Crippen LogP contribution in [0.4, 0.5) is 32.2 Å². The summed E-state index contributed by atoms with van der Waals surface area (Å²) in [6.45, 7) is 1.95. The second-order valence-corrected chi connectivity index (χ2v) is 4.88. The van der Waals surface area contributed by atoms with Crippen molar-refractivity contribution in [2.45, 2.75) is 25.7 Å². The van der Waals surface area contributed by atoms with Crippen molar-refractivity contribution >= 4 is 35.8 Å². The molecule has 3 N–H and O–H groups in total. The van der Waals surface area contributed by atoms with Crippen LogP contribution in [0.2, 0.25) is 0 Å². The Bertz CT molecular complexity index is 561. The van der Waals surface area contributed by atoms with Crippen LogP contribution in [0.5, 0.6) is 0 Å². The van der Waals surface area contributed by atoms with Crippen molar-refractivity contribution in [1.29, 1.82) is 0 Å². The molecule has 26 heavy (non-hydrogen) atoms. The summed E-state index contributed by atoms with van der Waals surface area (Å²) in [6, 6.07) is 2.09. The predicted molar refractivity (Wildman–Crippen MR) is 97.8 cm³/mol. The maximum Gasteiger partial charge on any atom is 0.419 e. The van der Waals surface area contributed by atoms with E-state index in [-0.39, 0.29) is 48.8 Å².